The first kappa shape index (κ1) is 24.6. The molecule has 1 N–H and O–H groups in total. The molecule has 35 heavy (non-hydrogen) atoms. The number of aliphatic hydroxyl groups is 1. The fourth-order valence-electron chi connectivity index (χ4n) is 5.99. The highest BCUT2D eigenvalue weighted by atomic mass is 32.2. The average Bonchev–Trinajstić information content (AvgIpc) is 3.18. The van der Waals surface area contributed by atoms with E-state index in [0.29, 0.717) is 23.0 Å². The summed E-state index contributed by atoms with van der Waals surface area (Å²) in [7, 11) is 0.732. The third-order valence-electron chi connectivity index (χ3n) is 8.06. The van der Waals surface area contributed by atoms with Gasteiger partial charge in [-0.15, -0.1) is 11.8 Å². The largest absolute Gasteiger partial charge is 0.400 e. The van der Waals surface area contributed by atoms with Gasteiger partial charge in [0.1, 0.15) is 0 Å². The van der Waals surface area contributed by atoms with Crippen molar-refractivity contribution in [3.8, 4) is 0 Å². The summed E-state index contributed by atoms with van der Waals surface area (Å²) in [5.74, 6) is 1.38. The van der Waals surface area contributed by atoms with Gasteiger partial charge in [0.15, 0.2) is 0 Å². The van der Waals surface area contributed by atoms with Crippen molar-refractivity contribution in [1.82, 2.24) is 9.88 Å². The maximum atomic E-state index is 7.00. The quantitative estimate of drug-likeness (QED) is 0.371. The first-order valence-electron chi connectivity index (χ1n) is 12.5. The number of piperidine rings is 2. The number of aromatic nitrogens is 1. The predicted octanol–water partition coefficient (Wildman–Crippen LogP) is 7.70. The minimum absolute atomic E-state index is 0.268. The van der Waals surface area contributed by atoms with Gasteiger partial charge in [-0.25, -0.2) is 0 Å². The molecule has 0 spiro atoms. The molecular formula is C30H35N2OPS. The second-order valence-electron chi connectivity index (χ2n) is 9.87. The third kappa shape index (κ3) is 4.24. The molecular weight excluding hydrogens is 467 g/mol. The molecule has 3 aliphatic heterocycles. The Hall–Kier alpha value is -2.13. The molecule has 0 amide bonds. The van der Waals surface area contributed by atoms with Crippen molar-refractivity contribution in [1.29, 1.82) is 0 Å². The molecule has 2 aromatic carbocycles. The SMILES string of the molecule is C=C(C1=C(c2ccccc2)SC(C)P1C)N1C2CC(C2)C(C)C1c1cc2ccccc2cn1.CO. The van der Waals surface area contributed by atoms with Crippen LogP contribution in [0.1, 0.15) is 44.0 Å². The van der Waals surface area contributed by atoms with E-state index in [1.54, 1.807) is 0 Å². The summed E-state index contributed by atoms with van der Waals surface area (Å²) in [5, 5.41) is 11.0. The van der Waals surface area contributed by atoms with Crippen LogP contribution >= 0.6 is 19.7 Å². The van der Waals surface area contributed by atoms with Gasteiger partial charge in [-0.1, -0.05) is 76.0 Å². The Morgan fingerprint density at radius 1 is 1.03 bits per heavy atom. The topological polar surface area (TPSA) is 36.4 Å². The lowest BCUT2D eigenvalue weighted by atomic mass is 9.64. The number of pyridine rings is 1. The number of hydrogen-bond acceptors (Lipinski definition) is 4. The molecule has 3 nitrogen and oxygen atoms in total. The zero-order valence-corrected chi connectivity index (χ0v) is 22.8. The highest BCUT2D eigenvalue weighted by Crippen LogP contribution is 2.67. The molecule has 4 heterocycles. The standard InChI is InChI=1S/C29H31N2PS.CH4O/c1-18-24-14-25(15-24)31(27(18)26-16-22-12-8-9-13-23(22)17-30-26)19(2)28-29(33-20(3)32(28)4)21-10-6-5-7-11-21;1-2/h5-13,16-18,20,24-25,27H,2,14-15H2,1,3-4H3;2H,1H3. The fraction of sp³-hybridized carbons (Fsp3) is 0.367. The number of benzene rings is 2. The van der Waals surface area contributed by atoms with Crippen molar-refractivity contribution in [2.75, 3.05) is 13.8 Å². The zero-order chi connectivity index (χ0) is 24.7. The summed E-state index contributed by atoms with van der Waals surface area (Å²) < 4.78 is 0. The summed E-state index contributed by atoms with van der Waals surface area (Å²) in [4.78, 5) is 9.77. The van der Waals surface area contributed by atoms with Gasteiger partial charge in [0.05, 0.1) is 11.7 Å². The van der Waals surface area contributed by atoms with E-state index in [4.69, 9.17) is 16.7 Å². The van der Waals surface area contributed by atoms with Crippen LogP contribution < -0.4 is 0 Å². The number of fused-ring (bicyclic) bond motifs is 3. The third-order valence-corrected chi connectivity index (χ3v) is 12.8. The van der Waals surface area contributed by atoms with E-state index in [1.165, 1.54) is 50.8 Å². The second kappa shape index (κ2) is 10.1. The number of thioether (sulfide) groups is 1. The Labute approximate surface area is 215 Å². The molecule has 182 valence electrons. The van der Waals surface area contributed by atoms with Crippen molar-refractivity contribution >= 4 is 35.4 Å². The summed E-state index contributed by atoms with van der Waals surface area (Å²) in [5.41, 5.74) is 3.81. The molecule has 5 heteroatoms. The molecule has 4 unspecified atom stereocenters. The zero-order valence-electron chi connectivity index (χ0n) is 21.1. The second-order valence-corrected chi connectivity index (χ2v) is 14.0. The van der Waals surface area contributed by atoms with Crippen molar-refractivity contribution in [3.63, 3.8) is 0 Å². The Bertz CT molecular complexity index is 1250. The van der Waals surface area contributed by atoms with E-state index in [-0.39, 0.29) is 7.92 Å². The van der Waals surface area contributed by atoms with E-state index >= 15 is 0 Å². The average molecular weight is 503 g/mol. The highest BCUT2D eigenvalue weighted by Gasteiger charge is 2.51. The van der Waals surface area contributed by atoms with Gasteiger partial charge in [0.2, 0.25) is 0 Å². The van der Waals surface area contributed by atoms with Gasteiger partial charge >= 0.3 is 0 Å². The van der Waals surface area contributed by atoms with Gasteiger partial charge in [0, 0.05) is 45.6 Å². The first-order valence-corrected chi connectivity index (χ1v) is 15.2. The summed E-state index contributed by atoms with van der Waals surface area (Å²) >= 11 is 2.05. The lowest BCUT2D eigenvalue weighted by Gasteiger charge is -2.59. The van der Waals surface area contributed by atoms with Crippen molar-refractivity contribution < 1.29 is 5.11 Å². The van der Waals surface area contributed by atoms with Crippen LogP contribution in [0, 0.1) is 11.8 Å². The monoisotopic (exact) mass is 502 g/mol. The first-order chi connectivity index (χ1) is 17.0. The summed E-state index contributed by atoms with van der Waals surface area (Å²) in [6.45, 7) is 12.1. The van der Waals surface area contributed by atoms with Crippen molar-refractivity contribution in [3.05, 3.63) is 95.7 Å². The number of allylic oxidation sites excluding steroid dienone is 1. The summed E-state index contributed by atoms with van der Waals surface area (Å²) in [6, 6.07) is 22.8. The molecule has 4 aliphatic rings. The number of aliphatic hydroxyl groups excluding tert-OH is 1. The van der Waals surface area contributed by atoms with Crippen LogP contribution in [0.15, 0.2) is 84.5 Å². The van der Waals surface area contributed by atoms with Crippen LogP contribution in [0.3, 0.4) is 0 Å². The fourth-order valence-corrected chi connectivity index (χ4v) is 10.0. The van der Waals surface area contributed by atoms with Crippen LogP contribution in [0.25, 0.3) is 15.7 Å². The number of hydrogen-bond donors (Lipinski definition) is 1. The lowest BCUT2D eigenvalue weighted by molar-refractivity contribution is -0.0537. The molecule has 2 bridgehead atoms. The van der Waals surface area contributed by atoms with Crippen LogP contribution in [0.5, 0.6) is 0 Å². The van der Waals surface area contributed by atoms with Crippen LogP contribution in [0.2, 0.25) is 0 Å². The lowest BCUT2D eigenvalue weighted by Crippen LogP contribution is -2.56. The van der Waals surface area contributed by atoms with Gasteiger partial charge in [-0.3, -0.25) is 4.98 Å². The Morgan fingerprint density at radius 2 is 1.69 bits per heavy atom. The minimum atomic E-state index is -0.268. The van der Waals surface area contributed by atoms with Crippen molar-refractivity contribution in [2.24, 2.45) is 11.8 Å². The minimum Gasteiger partial charge on any atom is -0.400 e. The maximum absolute atomic E-state index is 7.00. The molecule has 2 saturated heterocycles. The Balaban J connectivity index is 0.00000124. The maximum Gasteiger partial charge on any atom is 0.0745 e. The molecule has 3 fully saturated rings. The molecule has 4 atom stereocenters. The van der Waals surface area contributed by atoms with Crippen LogP contribution in [-0.2, 0) is 0 Å². The molecule has 0 radical (unpaired) electrons. The van der Waals surface area contributed by atoms with E-state index in [0.717, 1.165) is 13.0 Å². The number of rotatable bonds is 4. The van der Waals surface area contributed by atoms with Gasteiger partial charge < -0.3 is 10.0 Å². The molecule has 1 saturated carbocycles. The predicted molar refractivity (Wildman–Crippen MR) is 153 cm³/mol. The van der Waals surface area contributed by atoms with E-state index in [2.05, 4.69) is 92.3 Å². The number of nitrogens with zero attached hydrogens (tertiary/aromatic N) is 2. The van der Waals surface area contributed by atoms with E-state index in [1.807, 2.05) is 11.8 Å². The van der Waals surface area contributed by atoms with E-state index < -0.39 is 0 Å². The Kier molecular flexibility index (Phi) is 7.08. The normalized spacial score (nSPS) is 29.5. The Morgan fingerprint density at radius 3 is 2.40 bits per heavy atom. The van der Waals surface area contributed by atoms with Crippen LogP contribution in [-0.4, -0.2) is 39.8 Å². The van der Waals surface area contributed by atoms with Gasteiger partial charge in [0.25, 0.3) is 0 Å². The molecule has 7 rings (SSSR count). The molecule has 1 aliphatic carbocycles. The van der Waals surface area contributed by atoms with Gasteiger partial charge in [-0.05, 0) is 55.3 Å². The van der Waals surface area contributed by atoms with Crippen molar-refractivity contribution in [2.45, 2.75) is 43.8 Å². The van der Waals surface area contributed by atoms with Gasteiger partial charge in [-0.2, -0.15) is 0 Å². The molecule has 3 aromatic rings. The molecule has 1 aromatic heterocycles. The summed E-state index contributed by atoms with van der Waals surface area (Å²) in [6.07, 6.45) is 4.65. The van der Waals surface area contributed by atoms with Crippen LogP contribution in [0.4, 0.5) is 0 Å². The highest BCUT2D eigenvalue weighted by molar-refractivity contribution is 8.16. The van der Waals surface area contributed by atoms with E-state index in [9.17, 15) is 0 Å². The smallest absolute Gasteiger partial charge is 0.0745 e.